The molecule has 6 aliphatic heterocycles. The average Bonchev–Trinajstić information content (AvgIpc) is 0.778. The maximum atomic E-state index is 12.0. The number of phenolic OH excluding ortho intramolecular Hbond substituents is 2. The van der Waals surface area contributed by atoms with Crippen LogP contribution in [0.3, 0.4) is 0 Å². The number of cyclic esters (lactones) is 6. The summed E-state index contributed by atoms with van der Waals surface area (Å²) in [6.45, 7) is 15.9. The minimum Gasteiger partial charge on any atom is -0.506 e. The van der Waals surface area contributed by atoms with Crippen molar-refractivity contribution in [1.29, 1.82) is 0 Å². The van der Waals surface area contributed by atoms with Gasteiger partial charge in [0.05, 0.1) is 42.7 Å². The van der Waals surface area contributed by atoms with Gasteiger partial charge in [0.25, 0.3) is 0 Å². The van der Waals surface area contributed by atoms with E-state index in [2.05, 4.69) is 41.1 Å². The maximum absolute atomic E-state index is 12.0. The van der Waals surface area contributed by atoms with Gasteiger partial charge in [-0.15, -0.1) is 4.33 Å². The van der Waals surface area contributed by atoms with E-state index >= 15 is 0 Å². The lowest BCUT2D eigenvalue weighted by molar-refractivity contribution is -0.156. The standard InChI is InChI=1S/C14H14O6.C13H14O5.C12H11IO4.C11H11IO3.2C10H9IO3.C4H6O3.C2H8O4S.2CH4/c1-7-6-9-4-5-10(13(16)18-3)12(20-8(2)15)11(9)14(17)19-7;1-7-6-8-4-5-9(12(14)17-3)11(16-2)10(8)13(15)18-7;1-6-5-8-3-4-9(13)11(17-7(2)14)10(8)12(15)16-6;1-6-5-7-3-4-8(12)10(14-2)9(7)11(13)15-6;2*1-5-4-6-2-3-7(11)9(12)8(6)10(13)14-5;1-3(5)7-4(2)6;1-7(2,4,5)6-3;;/h4-5,7H,6H2,1-3H3;4-5,7H,6H2,1-3H3;3-4,6H,5H2,1-2H3;3-4,6H,5H2,1-2H3;2*2-3,5,12H,4H2,1H3;1-2H3;3H,1-2H3,(H,4,5);2*1H4. The van der Waals surface area contributed by atoms with Crippen molar-refractivity contribution in [3.63, 3.8) is 0 Å². The molecule has 6 atom stereocenters. The summed E-state index contributed by atoms with van der Waals surface area (Å²) < 4.78 is 89.4. The average molecular weight is 2060 g/mol. The number of phenols is 2. The van der Waals surface area contributed by atoms with E-state index in [-0.39, 0.29) is 97.1 Å². The summed E-state index contributed by atoms with van der Waals surface area (Å²) >= 11 is 8.15. The first-order valence-corrected chi connectivity index (χ1v) is 40.5. The van der Waals surface area contributed by atoms with Crippen LogP contribution in [0.4, 0.5) is 0 Å². The molecule has 114 heavy (non-hydrogen) atoms. The summed E-state index contributed by atoms with van der Waals surface area (Å²) in [6.07, 6.45) is 4.84. The smallest absolute Gasteiger partial charge is 0.342 e. The molecule has 6 aliphatic rings. The highest BCUT2D eigenvalue weighted by molar-refractivity contribution is 14.1. The summed E-state index contributed by atoms with van der Waals surface area (Å²) in [5.74, 6) is -4.90. The molecule has 0 aliphatic carbocycles. The maximum Gasteiger partial charge on any atom is 0.342 e. The molecule has 0 bridgehead atoms. The predicted octanol–water partition coefficient (Wildman–Crippen LogP) is 13.3. The Kier molecular flexibility index (Phi) is 38.3. The normalized spacial score (nSPS) is 17.6. The van der Waals surface area contributed by atoms with Crippen LogP contribution in [-0.2, 0) is 114 Å². The molecule has 0 radical (unpaired) electrons. The molecule has 0 aromatic heterocycles. The Bertz CT molecular complexity index is 4620. The fourth-order valence-electron chi connectivity index (χ4n) is 11.2. The Balaban J connectivity index is 0.000000342. The number of hydrogen-bond acceptors (Lipinski definition) is 30. The number of carbonyl (C=O) groups excluding carboxylic acids is 12. The van der Waals surface area contributed by atoms with E-state index in [9.17, 15) is 72.0 Å². The topological polar surface area (TPSA) is 432 Å². The number of methoxy groups -OCH3 is 4. The molecule has 0 saturated carbocycles. The van der Waals surface area contributed by atoms with Gasteiger partial charge in [0, 0.05) is 78.7 Å². The molecule has 6 heterocycles. The Labute approximate surface area is 712 Å². The van der Waals surface area contributed by atoms with Gasteiger partial charge in [0.1, 0.15) is 114 Å². The minimum absolute atomic E-state index is 0. The van der Waals surface area contributed by atoms with Crippen molar-refractivity contribution < 1.29 is 148 Å². The quantitative estimate of drug-likeness (QED) is 0.0219. The highest BCUT2D eigenvalue weighted by Crippen LogP contribution is 2.39. The molecular formula is C78H90I4O31S. The van der Waals surface area contributed by atoms with E-state index in [1.54, 1.807) is 44.4 Å². The molecule has 4 N–H and O–H groups in total. The second-order valence-electron chi connectivity index (χ2n) is 25.6. The van der Waals surface area contributed by atoms with Gasteiger partial charge >= 0.3 is 71.6 Å². The molecule has 6 aromatic rings. The number of rotatable bonds is 7. The number of ether oxygens (including phenoxy) is 13. The first-order valence-electron chi connectivity index (χ1n) is 33.5. The van der Waals surface area contributed by atoms with Crippen LogP contribution in [0, 0.1) is 14.3 Å². The van der Waals surface area contributed by atoms with Crippen molar-refractivity contribution >= 4 is 172 Å². The van der Waals surface area contributed by atoms with E-state index < -0.39 is 75.3 Å². The van der Waals surface area contributed by atoms with Crippen LogP contribution in [0.1, 0.15) is 200 Å². The van der Waals surface area contributed by atoms with E-state index in [0.717, 1.165) is 53.9 Å². The van der Waals surface area contributed by atoms with Gasteiger partial charge in [-0.05, 0) is 202 Å². The first kappa shape index (κ1) is 99.5. The molecule has 6 aromatic carbocycles. The number of aromatic hydroxyl groups is 2. The number of carbonyl (C=O) groups is 12. The minimum atomic E-state index is -4.06. The Morgan fingerprint density at radius 2 is 0.605 bits per heavy atom. The molecular weight excluding hydrogens is 1970 g/mol. The summed E-state index contributed by atoms with van der Waals surface area (Å²) in [7, 11) is 1.41. The van der Waals surface area contributed by atoms with Crippen molar-refractivity contribution in [2.24, 2.45) is 0 Å². The third kappa shape index (κ3) is 27.8. The van der Waals surface area contributed by atoms with Crippen molar-refractivity contribution in [3.05, 3.63) is 165 Å². The lowest BCUT2D eigenvalue weighted by Crippen LogP contribution is -2.29. The number of fused-ring (bicyclic) bond motifs is 6. The molecule has 36 heteroatoms. The largest absolute Gasteiger partial charge is 0.506 e. The summed E-state index contributed by atoms with van der Waals surface area (Å²) in [4.78, 5) is 136. The van der Waals surface area contributed by atoms with Crippen LogP contribution in [-0.4, -0.2) is 173 Å². The Hall–Kier alpha value is -8.69. The van der Waals surface area contributed by atoms with Crippen molar-refractivity contribution in [3.8, 4) is 34.5 Å². The molecule has 0 spiro atoms. The van der Waals surface area contributed by atoms with Gasteiger partial charge in [-0.25, -0.2) is 47.8 Å². The molecule has 12 rings (SSSR count). The molecule has 0 fully saturated rings. The van der Waals surface area contributed by atoms with Gasteiger partial charge < -0.3 is 76.3 Å². The fourth-order valence-corrected chi connectivity index (χ4v) is 13.4. The zero-order valence-corrected chi connectivity index (χ0v) is 72.8. The van der Waals surface area contributed by atoms with E-state index in [1.807, 2.05) is 139 Å². The zero-order chi connectivity index (χ0) is 84.3. The molecule has 622 valence electrons. The number of esters is 12. The Morgan fingerprint density at radius 3 is 0.868 bits per heavy atom. The summed E-state index contributed by atoms with van der Waals surface area (Å²) in [6, 6.07) is 21.5. The van der Waals surface area contributed by atoms with Crippen LogP contribution in [0.15, 0.2) is 72.8 Å². The monoisotopic (exact) mass is 2060 g/mol. The lowest BCUT2D eigenvalue weighted by atomic mass is 9.95. The van der Waals surface area contributed by atoms with Crippen LogP contribution >= 0.6 is 90.4 Å². The van der Waals surface area contributed by atoms with Crippen molar-refractivity contribution in [1.82, 2.24) is 0 Å². The second-order valence-corrected chi connectivity index (χ2v) is 33.7. The zero-order valence-electron chi connectivity index (χ0n) is 63.4. The van der Waals surface area contributed by atoms with Crippen LogP contribution < -0.4 is 18.9 Å². The highest BCUT2D eigenvalue weighted by atomic mass is 127. The summed E-state index contributed by atoms with van der Waals surface area (Å²) in [5, 5.41) is 27.0. The van der Waals surface area contributed by atoms with E-state index in [1.165, 1.54) is 55.1 Å². The van der Waals surface area contributed by atoms with Gasteiger partial charge in [-0.2, -0.15) is 0 Å². The Morgan fingerprint density at radius 1 is 0.377 bits per heavy atom. The van der Waals surface area contributed by atoms with Crippen molar-refractivity contribution in [2.75, 3.05) is 41.0 Å². The van der Waals surface area contributed by atoms with Gasteiger partial charge in [0.15, 0.2) is 11.5 Å². The lowest BCUT2D eigenvalue weighted by Gasteiger charge is -2.24. The van der Waals surface area contributed by atoms with Gasteiger partial charge in [0.2, 0.25) is 0 Å². The van der Waals surface area contributed by atoms with Crippen LogP contribution in [0.2, 0.25) is 0 Å². The van der Waals surface area contributed by atoms with Gasteiger partial charge in [-0.3, -0.25) is 19.2 Å². The van der Waals surface area contributed by atoms with Crippen molar-refractivity contribution in [2.45, 2.75) is 159 Å². The first-order chi connectivity index (χ1) is 52.3. The molecule has 0 saturated heterocycles. The number of halogens is 4. The fraction of sp³-hybridized carbons (Fsp3) is 0.385. The predicted molar refractivity (Wildman–Crippen MR) is 445 cm³/mol. The molecule has 31 nitrogen and oxygen atoms in total. The third-order valence-electron chi connectivity index (χ3n) is 15.6. The van der Waals surface area contributed by atoms with E-state index in [4.69, 9.17) is 57.2 Å². The molecule has 0 amide bonds. The van der Waals surface area contributed by atoms with Crippen LogP contribution in [0.5, 0.6) is 34.5 Å². The summed E-state index contributed by atoms with van der Waals surface area (Å²) in [5.41, 5.74) is 7.41. The van der Waals surface area contributed by atoms with Gasteiger partial charge in [-0.1, -0.05) is 51.3 Å². The van der Waals surface area contributed by atoms with Crippen LogP contribution in [0.25, 0.3) is 0 Å². The number of hydrogen-bond donors (Lipinski definition) is 4. The second kappa shape index (κ2) is 43.9. The van der Waals surface area contributed by atoms with E-state index in [0.29, 0.717) is 84.1 Å². The SMILES string of the molecule is C.C.CC(=O)OC(C)=O.CC(=O)Oc1c(I)ccc2c1C(=O)OC(C)C2.CC1Cc2ccc(I)c(O)c2C(=O)O1.CC1Cc2ccc(I)c(O)c2C(=O)O1.COC(=O)c1ccc2c(c1OC(C)=O)C(=O)OC(C)C2.COC(=O)c1ccc2c(c1OC)C(=O)OC(C)C2.COc1c(I)ccc2c1C(=O)OC(C)C2.CS(C)(=O)(O)OO. The third-order valence-corrected chi connectivity index (χ3v) is 19.5. The number of benzene rings is 6. The highest BCUT2D eigenvalue weighted by Gasteiger charge is 2.36. The molecule has 6 unspecified atom stereocenters.